The zero-order valence-corrected chi connectivity index (χ0v) is 11.5. The van der Waals surface area contributed by atoms with Crippen molar-refractivity contribution in [3.8, 4) is 0 Å². The van der Waals surface area contributed by atoms with E-state index >= 15 is 0 Å². The third-order valence-corrected chi connectivity index (χ3v) is 3.56. The van der Waals surface area contributed by atoms with Crippen LogP contribution in [-0.2, 0) is 0 Å². The Kier molecular flexibility index (Phi) is 5.47. The van der Waals surface area contributed by atoms with Gasteiger partial charge in [-0.15, -0.1) is 0 Å². The summed E-state index contributed by atoms with van der Waals surface area (Å²) < 4.78 is 26.4. The van der Waals surface area contributed by atoms with Gasteiger partial charge in [0.2, 0.25) is 0 Å². The van der Waals surface area contributed by atoms with E-state index in [1.807, 2.05) is 0 Å². The summed E-state index contributed by atoms with van der Waals surface area (Å²) in [6.45, 7) is 3.65. The zero-order chi connectivity index (χ0) is 14.4. The van der Waals surface area contributed by atoms with Crippen LogP contribution in [0.2, 0.25) is 0 Å². The van der Waals surface area contributed by atoms with Crippen LogP contribution in [-0.4, -0.2) is 37.0 Å². The van der Waals surface area contributed by atoms with Gasteiger partial charge in [0, 0.05) is 6.54 Å². The average Bonchev–Trinajstić information content (AvgIpc) is 2.47. The highest BCUT2D eigenvalue weighted by Gasteiger charge is 2.13. The minimum atomic E-state index is -0.695. The van der Waals surface area contributed by atoms with Crippen LogP contribution in [0.25, 0.3) is 0 Å². The number of carbonyl (C=O) groups is 1. The van der Waals surface area contributed by atoms with E-state index in [1.54, 1.807) is 0 Å². The molecule has 0 bridgehead atoms. The summed E-state index contributed by atoms with van der Waals surface area (Å²) in [5.41, 5.74) is -0.233. The smallest absolute Gasteiger partial charge is 0.254 e. The second kappa shape index (κ2) is 7.33. The van der Waals surface area contributed by atoms with Gasteiger partial charge in [-0.3, -0.25) is 4.79 Å². The Bertz CT molecular complexity index is 459. The maximum Gasteiger partial charge on any atom is 0.254 e. The molecule has 0 radical (unpaired) electrons. The molecule has 1 aromatic carbocycles. The third kappa shape index (κ3) is 4.27. The minimum Gasteiger partial charge on any atom is -0.352 e. The van der Waals surface area contributed by atoms with Gasteiger partial charge in [0.25, 0.3) is 5.91 Å². The molecule has 5 heteroatoms. The van der Waals surface area contributed by atoms with E-state index in [2.05, 4.69) is 10.2 Å². The van der Waals surface area contributed by atoms with Gasteiger partial charge in [-0.25, -0.2) is 8.78 Å². The molecule has 0 aromatic heterocycles. The van der Waals surface area contributed by atoms with Crippen molar-refractivity contribution in [1.82, 2.24) is 10.2 Å². The molecule has 1 fully saturated rings. The molecule has 1 heterocycles. The number of nitrogens with zero attached hydrogens (tertiary/aromatic N) is 1. The molecule has 110 valence electrons. The minimum absolute atomic E-state index is 0.233. The molecule has 3 nitrogen and oxygen atoms in total. The highest BCUT2D eigenvalue weighted by Crippen LogP contribution is 2.10. The van der Waals surface area contributed by atoms with E-state index in [0.717, 1.165) is 44.3 Å². The molecular formula is C15H20F2N2O. The number of hydrogen-bond donors (Lipinski definition) is 1. The Labute approximate surface area is 118 Å². The predicted molar refractivity (Wildman–Crippen MR) is 73.6 cm³/mol. The van der Waals surface area contributed by atoms with Crippen LogP contribution in [0, 0.1) is 11.6 Å². The summed E-state index contributed by atoms with van der Waals surface area (Å²) in [5.74, 6) is -1.86. The molecule has 2 rings (SSSR count). The monoisotopic (exact) mass is 282 g/mol. The first kappa shape index (κ1) is 14.9. The summed E-state index contributed by atoms with van der Waals surface area (Å²) in [6, 6.07) is 2.90. The van der Waals surface area contributed by atoms with E-state index in [1.165, 1.54) is 19.3 Å². The van der Waals surface area contributed by atoms with Gasteiger partial charge in [-0.05, 0) is 57.1 Å². The number of halogens is 2. The number of carbonyl (C=O) groups excluding carboxylic acids is 1. The van der Waals surface area contributed by atoms with Crippen molar-refractivity contribution in [2.24, 2.45) is 0 Å². The first-order valence-corrected chi connectivity index (χ1v) is 7.12. The van der Waals surface area contributed by atoms with E-state index in [-0.39, 0.29) is 5.56 Å². The fraction of sp³-hybridized carbons (Fsp3) is 0.533. The highest BCUT2D eigenvalue weighted by atomic mass is 19.1. The number of benzene rings is 1. The summed E-state index contributed by atoms with van der Waals surface area (Å²) in [4.78, 5) is 14.1. The normalized spacial score (nSPS) is 16.1. The summed E-state index contributed by atoms with van der Waals surface area (Å²) >= 11 is 0. The largest absolute Gasteiger partial charge is 0.352 e. The van der Waals surface area contributed by atoms with Crippen LogP contribution in [0.4, 0.5) is 8.78 Å². The second-order valence-corrected chi connectivity index (χ2v) is 5.14. The first-order chi connectivity index (χ1) is 9.66. The van der Waals surface area contributed by atoms with Gasteiger partial charge in [0.05, 0.1) is 5.56 Å². The maximum absolute atomic E-state index is 13.4. The lowest BCUT2D eigenvalue weighted by atomic mass is 10.1. The quantitative estimate of drug-likeness (QED) is 0.842. The van der Waals surface area contributed by atoms with Crippen molar-refractivity contribution < 1.29 is 13.6 Å². The molecule has 1 amide bonds. The molecule has 1 aliphatic rings. The van der Waals surface area contributed by atoms with Crippen LogP contribution in [0.5, 0.6) is 0 Å². The summed E-state index contributed by atoms with van der Waals surface area (Å²) in [7, 11) is 0. The van der Waals surface area contributed by atoms with Crippen LogP contribution in [0.15, 0.2) is 18.2 Å². The molecule has 1 saturated heterocycles. The topological polar surface area (TPSA) is 32.3 Å². The number of likely N-dealkylation sites (tertiary alicyclic amines) is 1. The fourth-order valence-corrected chi connectivity index (χ4v) is 2.45. The number of amides is 1. The standard InChI is InChI=1S/C15H20F2N2O/c16-12-5-6-14(17)13(11-12)15(20)18-7-4-10-19-8-2-1-3-9-19/h5-6,11H,1-4,7-10H2,(H,18,20). The van der Waals surface area contributed by atoms with Gasteiger partial charge in [-0.2, -0.15) is 0 Å². The molecule has 1 N–H and O–H groups in total. The van der Waals surface area contributed by atoms with Gasteiger partial charge in [-0.1, -0.05) is 6.42 Å². The molecule has 1 aromatic rings. The summed E-state index contributed by atoms with van der Waals surface area (Å²) in [6.07, 6.45) is 4.59. The van der Waals surface area contributed by atoms with Crippen LogP contribution < -0.4 is 5.32 Å². The molecule has 0 atom stereocenters. The number of rotatable bonds is 5. The molecule has 20 heavy (non-hydrogen) atoms. The van der Waals surface area contributed by atoms with Crippen LogP contribution in [0.3, 0.4) is 0 Å². The number of piperidine rings is 1. The SMILES string of the molecule is O=C(NCCCN1CCCCC1)c1cc(F)ccc1F. The first-order valence-electron chi connectivity index (χ1n) is 7.12. The van der Waals surface area contributed by atoms with Gasteiger partial charge < -0.3 is 10.2 Å². The van der Waals surface area contributed by atoms with E-state index in [9.17, 15) is 13.6 Å². The second-order valence-electron chi connectivity index (χ2n) is 5.14. The Morgan fingerprint density at radius 3 is 2.70 bits per heavy atom. The number of hydrogen-bond acceptors (Lipinski definition) is 2. The lowest BCUT2D eigenvalue weighted by molar-refractivity contribution is 0.0946. The van der Waals surface area contributed by atoms with Gasteiger partial charge in [0.15, 0.2) is 0 Å². The molecule has 0 aliphatic carbocycles. The Morgan fingerprint density at radius 1 is 1.20 bits per heavy atom. The molecular weight excluding hydrogens is 262 g/mol. The maximum atomic E-state index is 13.4. The Balaban J connectivity index is 1.73. The Morgan fingerprint density at radius 2 is 1.95 bits per heavy atom. The van der Waals surface area contributed by atoms with Crippen molar-refractivity contribution in [3.63, 3.8) is 0 Å². The van der Waals surface area contributed by atoms with Crippen molar-refractivity contribution in [1.29, 1.82) is 0 Å². The van der Waals surface area contributed by atoms with Crippen LogP contribution in [0.1, 0.15) is 36.0 Å². The van der Waals surface area contributed by atoms with Crippen molar-refractivity contribution in [3.05, 3.63) is 35.4 Å². The summed E-state index contributed by atoms with van der Waals surface area (Å²) in [5, 5.41) is 2.63. The molecule has 0 spiro atoms. The zero-order valence-electron chi connectivity index (χ0n) is 11.5. The van der Waals surface area contributed by atoms with Crippen LogP contribution >= 0.6 is 0 Å². The molecule has 0 unspecified atom stereocenters. The van der Waals surface area contributed by atoms with E-state index < -0.39 is 17.5 Å². The van der Waals surface area contributed by atoms with Crippen molar-refractivity contribution in [2.45, 2.75) is 25.7 Å². The van der Waals surface area contributed by atoms with Gasteiger partial charge in [0.1, 0.15) is 11.6 Å². The van der Waals surface area contributed by atoms with Crippen molar-refractivity contribution >= 4 is 5.91 Å². The number of nitrogens with one attached hydrogen (secondary N) is 1. The molecule has 1 aliphatic heterocycles. The Hall–Kier alpha value is -1.49. The fourth-order valence-electron chi connectivity index (χ4n) is 2.45. The lowest BCUT2D eigenvalue weighted by Gasteiger charge is -2.26. The van der Waals surface area contributed by atoms with Gasteiger partial charge >= 0.3 is 0 Å². The highest BCUT2D eigenvalue weighted by molar-refractivity contribution is 5.94. The van der Waals surface area contributed by atoms with E-state index in [0.29, 0.717) is 6.54 Å². The lowest BCUT2D eigenvalue weighted by Crippen LogP contribution is -2.33. The average molecular weight is 282 g/mol. The predicted octanol–water partition coefficient (Wildman–Crippen LogP) is 2.57. The third-order valence-electron chi connectivity index (χ3n) is 3.56. The van der Waals surface area contributed by atoms with Crippen molar-refractivity contribution in [2.75, 3.05) is 26.2 Å². The van der Waals surface area contributed by atoms with E-state index in [4.69, 9.17) is 0 Å². The molecule has 0 saturated carbocycles.